The van der Waals surface area contributed by atoms with Crippen molar-refractivity contribution >= 4 is 40.6 Å². The molecule has 0 saturated heterocycles. The van der Waals surface area contributed by atoms with Gasteiger partial charge in [0, 0.05) is 18.0 Å². The number of benzene rings is 1. The smallest absolute Gasteiger partial charge is 0.264 e. The van der Waals surface area contributed by atoms with Crippen LogP contribution in [0, 0.1) is 0 Å². The molecule has 2 heterocycles. The van der Waals surface area contributed by atoms with Crippen molar-refractivity contribution in [2.45, 2.75) is 46.0 Å². The minimum Gasteiger partial charge on any atom is -0.329 e. The Bertz CT molecular complexity index is 1070. The normalized spacial score (nSPS) is 11.4. The Balaban J connectivity index is 1.86. The molecule has 3 rings (SSSR count). The van der Waals surface area contributed by atoms with Crippen LogP contribution in [0.25, 0.3) is 5.69 Å². The number of unbranched alkanes of at least 4 members (excludes halogenated alkanes) is 1. The first-order valence-electron chi connectivity index (χ1n) is 10.7. The number of anilines is 1. The molecule has 0 unspecified atom stereocenters. The molecule has 0 aliphatic heterocycles. The molecule has 32 heavy (non-hydrogen) atoms. The number of thiophene rings is 1. The predicted octanol–water partition coefficient (Wildman–Crippen LogP) is 5.77. The zero-order chi connectivity index (χ0) is 23.3. The molecule has 8 heteroatoms. The van der Waals surface area contributed by atoms with Gasteiger partial charge < -0.3 is 10.2 Å². The highest BCUT2D eigenvalue weighted by molar-refractivity contribution is 7.12. The summed E-state index contributed by atoms with van der Waals surface area (Å²) in [6, 6.07) is 12.8. The summed E-state index contributed by atoms with van der Waals surface area (Å²) in [4.78, 5) is 28.1. The highest BCUT2D eigenvalue weighted by atomic mass is 35.5. The summed E-state index contributed by atoms with van der Waals surface area (Å²) < 4.78 is 1.65. The van der Waals surface area contributed by atoms with Crippen LogP contribution in [-0.4, -0.2) is 39.6 Å². The molecule has 0 fully saturated rings. The van der Waals surface area contributed by atoms with E-state index in [1.165, 1.54) is 11.3 Å². The number of halogens is 1. The van der Waals surface area contributed by atoms with E-state index < -0.39 is 0 Å². The zero-order valence-corrected chi connectivity index (χ0v) is 20.5. The highest BCUT2D eigenvalue weighted by Gasteiger charge is 2.24. The first-order chi connectivity index (χ1) is 15.2. The van der Waals surface area contributed by atoms with Crippen molar-refractivity contribution in [1.82, 2.24) is 14.7 Å². The van der Waals surface area contributed by atoms with Crippen LogP contribution >= 0.6 is 22.9 Å². The standard InChI is InChI=1S/C24H29ClN4O2S/c1-5-6-13-28(23(31)19-12-9-14-32-19)16-22(30)26-21-15-20(24(2,3)4)27-29(21)18-11-8-7-10-17(18)25/h7-12,14-15H,5-6,13,16H2,1-4H3,(H,26,30). The summed E-state index contributed by atoms with van der Waals surface area (Å²) in [6.07, 6.45) is 1.76. The summed E-state index contributed by atoms with van der Waals surface area (Å²) in [5.74, 6) is 0.116. The van der Waals surface area contributed by atoms with Crippen LogP contribution in [0.3, 0.4) is 0 Å². The molecule has 2 amide bonds. The van der Waals surface area contributed by atoms with Crippen molar-refractivity contribution in [2.24, 2.45) is 0 Å². The predicted molar refractivity (Wildman–Crippen MR) is 131 cm³/mol. The lowest BCUT2D eigenvalue weighted by atomic mass is 9.92. The molecule has 0 saturated carbocycles. The molecule has 170 valence electrons. The lowest BCUT2D eigenvalue weighted by Crippen LogP contribution is -2.38. The number of hydrogen-bond acceptors (Lipinski definition) is 4. The van der Waals surface area contributed by atoms with E-state index in [1.54, 1.807) is 21.7 Å². The largest absolute Gasteiger partial charge is 0.329 e. The van der Waals surface area contributed by atoms with Gasteiger partial charge in [-0.2, -0.15) is 5.10 Å². The summed E-state index contributed by atoms with van der Waals surface area (Å²) >= 11 is 7.79. The number of amides is 2. The lowest BCUT2D eigenvalue weighted by molar-refractivity contribution is -0.116. The maximum absolute atomic E-state index is 13.0. The Kier molecular flexibility index (Phi) is 7.74. The molecular formula is C24H29ClN4O2S. The molecule has 3 aromatic rings. The van der Waals surface area contributed by atoms with Crippen LogP contribution < -0.4 is 5.32 Å². The maximum atomic E-state index is 13.0. The van der Waals surface area contributed by atoms with Gasteiger partial charge in [-0.25, -0.2) is 4.68 Å². The SMILES string of the molecule is CCCCN(CC(=O)Nc1cc(C(C)(C)C)nn1-c1ccccc1Cl)C(=O)c1cccs1. The quantitative estimate of drug-likeness (QED) is 0.452. The number of nitrogens with zero attached hydrogens (tertiary/aromatic N) is 3. The third-order valence-corrected chi connectivity index (χ3v) is 6.14. The third-order valence-electron chi connectivity index (χ3n) is 4.96. The van der Waals surface area contributed by atoms with Crippen LogP contribution in [0.1, 0.15) is 55.9 Å². The van der Waals surface area contributed by atoms with Crippen molar-refractivity contribution in [3.8, 4) is 5.69 Å². The van der Waals surface area contributed by atoms with Gasteiger partial charge in [0.05, 0.1) is 21.3 Å². The van der Waals surface area contributed by atoms with E-state index in [-0.39, 0.29) is 23.8 Å². The lowest BCUT2D eigenvalue weighted by Gasteiger charge is -2.21. The summed E-state index contributed by atoms with van der Waals surface area (Å²) in [5.41, 5.74) is 1.29. The molecule has 0 spiro atoms. The van der Waals surface area contributed by atoms with E-state index in [9.17, 15) is 9.59 Å². The highest BCUT2D eigenvalue weighted by Crippen LogP contribution is 2.29. The Hall–Kier alpha value is -2.64. The van der Waals surface area contributed by atoms with Crippen LogP contribution in [0.15, 0.2) is 47.8 Å². The second kappa shape index (κ2) is 10.3. The van der Waals surface area contributed by atoms with E-state index in [2.05, 4.69) is 33.0 Å². The van der Waals surface area contributed by atoms with Crippen molar-refractivity contribution < 1.29 is 9.59 Å². The van der Waals surface area contributed by atoms with Crippen molar-refractivity contribution in [1.29, 1.82) is 0 Å². The average molecular weight is 473 g/mol. The summed E-state index contributed by atoms with van der Waals surface area (Å²) in [6.45, 7) is 8.73. The van der Waals surface area contributed by atoms with Gasteiger partial charge in [-0.3, -0.25) is 9.59 Å². The van der Waals surface area contributed by atoms with E-state index in [1.807, 2.05) is 35.7 Å². The molecule has 0 bridgehead atoms. The number of aromatic nitrogens is 2. The third kappa shape index (κ3) is 5.78. The van der Waals surface area contributed by atoms with Gasteiger partial charge >= 0.3 is 0 Å². The van der Waals surface area contributed by atoms with Crippen LogP contribution in [0.4, 0.5) is 5.82 Å². The van der Waals surface area contributed by atoms with Crippen LogP contribution in [0.2, 0.25) is 5.02 Å². The number of nitrogens with one attached hydrogen (secondary N) is 1. The molecule has 0 aliphatic carbocycles. The molecule has 6 nitrogen and oxygen atoms in total. The minimum atomic E-state index is -0.278. The second-order valence-electron chi connectivity index (χ2n) is 8.63. The minimum absolute atomic E-state index is 0.0325. The number of para-hydroxylation sites is 1. The topological polar surface area (TPSA) is 67.2 Å². The fraction of sp³-hybridized carbons (Fsp3) is 0.375. The maximum Gasteiger partial charge on any atom is 0.264 e. The van der Waals surface area contributed by atoms with Crippen LogP contribution in [-0.2, 0) is 10.2 Å². The summed E-state index contributed by atoms with van der Waals surface area (Å²) in [5, 5.41) is 10.1. The molecule has 2 aromatic heterocycles. The van der Waals surface area contributed by atoms with E-state index in [0.717, 1.165) is 18.5 Å². The molecule has 1 N–H and O–H groups in total. The van der Waals surface area contributed by atoms with Gasteiger partial charge in [0.2, 0.25) is 5.91 Å². The molecule has 0 radical (unpaired) electrons. The molecule has 0 atom stereocenters. The monoisotopic (exact) mass is 472 g/mol. The Morgan fingerprint density at radius 1 is 1.19 bits per heavy atom. The van der Waals surface area contributed by atoms with Gasteiger partial charge in [-0.15, -0.1) is 11.3 Å². The van der Waals surface area contributed by atoms with E-state index in [4.69, 9.17) is 16.7 Å². The number of rotatable bonds is 8. The molecular weight excluding hydrogens is 444 g/mol. The number of carbonyl (C=O) groups excluding carboxylic acids is 2. The first kappa shape index (κ1) is 24.0. The van der Waals surface area contributed by atoms with Crippen molar-refractivity contribution in [3.05, 3.63) is 63.4 Å². The van der Waals surface area contributed by atoms with Crippen molar-refractivity contribution in [2.75, 3.05) is 18.4 Å². The summed E-state index contributed by atoms with van der Waals surface area (Å²) in [7, 11) is 0. The van der Waals surface area contributed by atoms with Gasteiger partial charge in [0.15, 0.2) is 0 Å². The van der Waals surface area contributed by atoms with Crippen LogP contribution in [0.5, 0.6) is 0 Å². The van der Waals surface area contributed by atoms with Gasteiger partial charge in [-0.1, -0.05) is 63.9 Å². The fourth-order valence-electron chi connectivity index (χ4n) is 3.16. The fourth-order valence-corrected chi connectivity index (χ4v) is 4.06. The molecule has 0 aliphatic rings. The molecule has 1 aromatic carbocycles. The number of carbonyl (C=O) groups is 2. The Morgan fingerprint density at radius 2 is 1.94 bits per heavy atom. The Morgan fingerprint density at radius 3 is 2.56 bits per heavy atom. The van der Waals surface area contributed by atoms with Gasteiger partial charge in [0.1, 0.15) is 12.4 Å². The van der Waals surface area contributed by atoms with E-state index >= 15 is 0 Å². The first-order valence-corrected chi connectivity index (χ1v) is 11.9. The van der Waals surface area contributed by atoms with Crippen molar-refractivity contribution in [3.63, 3.8) is 0 Å². The Labute approximate surface area is 198 Å². The van der Waals surface area contributed by atoms with Gasteiger partial charge in [-0.05, 0) is 30.0 Å². The average Bonchev–Trinajstić information content (AvgIpc) is 3.41. The number of hydrogen-bond donors (Lipinski definition) is 1. The zero-order valence-electron chi connectivity index (χ0n) is 18.9. The van der Waals surface area contributed by atoms with E-state index in [0.29, 0.717) is 27.9 Å². The second-order valence-corrected chi connectivity index (χ2v) is 9.99. The van der Waals surface area contributed by atoms with Gasteiger partial charge in [0.25, 0.3) is 5.91 Å².